The Bertz CT molecular complexity index is 243. The maximum Gasteiger partial charge on any atom is 0.411 e. The van der Waals surface area contributed by atoms with Gasteiger partial charge in [-0.25, -0.2) is 0 Å². The lowest BCUT2D eigenvalue weighted by Crippen LogP contribution is -2.31. The molecule has 0 aliphatic carbocycles. The third-order valence-electron chi connectivity index (χ3n) is 3.47. The molecule has 1 rings (SSSR count). The molecule has 1 heterocycles. The van der Waals surface area contributed by atoms with Gasteiger partial charge in [0.1, 0.15) is 6.61 Å². The number of alkyl halides is 3. The molecule has 0 bridgehead atoms. The molecule has 1 fully saturated rings. The number of nitrogens with one attached hydrogen (secondary N) is 1. The van der Waals surface area contributed by atoms with E-state index in [-0.39, 0.29) is 12.6 Å². The Morgan fingerprint density at radius 2 is 2.15 bits per heavy atom. The highest BCUT2D eigenvalue weighted by Gasteiger charge is 2.27. The molecular weight excluding hydrogens is 271 g/mol. The van der Waals surface area contributed by atoms with Crippen LogP contribution in [-0.2, 0) is 9.47 Å². The lowest BCUT2D eigenvalue weighted by atomic mass is 10.0. The zero-order valence-electron chi connectivity index (χ0n) is 12.2. The monoisotopic (exact) mass is 297 g/mol. The van der Waals surface area contributed by atoms with Crippen molar-refractivity contribution in [2.45, 2.75) is 63.8 Å². The molecular formula is C14H26F3NO2. The standard InChI is InChI=1S/C14H26F3NO2/c1-2-18-12(8-10-19-11-14(15,16)17)5-3-6-13-7-4-9-20-13/h12-13,18H,2-11H2,1H3. The summed E-state index contributed by atoms with van der Waals surface area (Å²) in [6.45, 7) is 2.69. The fourth-order valence-electron chi connectivity index (χ4n) is 2.51. The van der Waals surface area contributed by atoms with E-state index < -0.39 is 12.8 Å². The second-order valence-electron chi connectivity index (χ2n) is 5.28. The van der Waals surface area contributed by atoms with E-state index in [1.165, 1.54) is 0 Å². The summed E-state index contributed by atoms with van der Waals surface area (Å²) in [5.74, 6) is 0. The fraction of sp³-hybridized carbons (Fsp3) is 1.00. The van der Waals surface area contributed by atoms with Crippen LogP contribution in [0, 0.1) is 0 Å². The zero-order chi connectivity index (χ0) is 14.8. The van der Waals surface area contributed by atoms with Crippen molar-refractivity contribution in [3.63, 3.8) is 0 Å². The van der Waals surface area contributed by atoms with Gasteiger partial charge in [-0.1, -0.05) is 6.92 Å². The number of ether oxygens (including phenoxy) is 2. The Morgan fingerprint density at radius 3 is 2.75 bits per heavy atom. The number of halogens is 3. The third kappa shape index (κ3) is 8.76. The van der Waals surface area contributed by atoms with E-state index in [4.69, 9.17) is 4.74 Å². The van der Waals surface area contributed by atoms with Gasteiger partial charge in [-0.05, 0) is 45.1 Å². The average molecular weight is 297 g/mol. The molecule has 1 aliphatic rings. The van der Waals surface area contributed by atoms with Gasteiger partial charge in [-0.15, -0.1) is 0 Å². The first-order chi connectivity index (χ1) is 9.51. The quantitative estimate of drug-likeness (QED) is 0.628. The fourth-order valence-corrected chi connectivity index (χ4v) is 2.51. The first-order valence-electron chi connectivity index (χ1n) is 7.50. The molecule has 2 atom stereocenters. The molecule has 0 amide bonds. The van der Waals surface area contributed by atoms with Gasteiger partial charge in [-0.3, -0.25) is 0 Å². The van der Waals surface area contributed by atoms with Crippen LogP contribution in [0.4, 0.5) is 13.2 Å². The lowest BCUT2D eigenvalue weighted by molar-refractivity contribution is -0.174. The molecule has 120 valence electrons. The van der Waals surface area contributed by atoms with E-state index in [2.05, 4.69) is 10.1 Å². The Balaban J connectivity index is 2.08. The Kier molecular flexibility index (Phi) is 8.49. The molecule has 0 spiro atoms. The van der Waals surface area contributed by atoms with Crippen LogP contribution in [0.3, 0.4) is 0 Å². The molecule has 0 saturated carbocycles. The van der Waals surface area contributed by atoms with E-state index in [0.29, 0.717) is 12.5 Å². The maximum absolute atomic E-state index is 11.9. The lowest BCUT2D eigenvalue weighted by Gasteiger charge is -2.19. The van der Waals surface area contributed by atoms with Gasteiger partial charge in [0.05, 0.1) is 6.10 Å². The van der Waals surface area contributed by atoms with Crippen molar-refractivity contribution in [2.24, 2.45) is 0 Å². The number of hydrogen-bond donors (Lipinski definition) is 1. The van der Waals surface area contributed by atoms with E-state index in [9.17, 15) is 13.2 Å². The predicted octanol–water partition coefficient (Wildman–Crippen LogP) is 3.28. The summed E-state index contributed by atoms with van der Waals surface area (Å²) in [5, 5.41) is 3.30. The predicted molar refractivity (Wildman–Crippen MR) is 71.8 cm³/mol. The van der Waals surface area contributed by atoms with E-state index in [1.807, 2.05) is 6.92 Å². The van der Waals surface area contributed by atoms with Gasteiger partial charge in [0.25, 0.3) is 0 Å². The minimum absolute atomic E-state index is 0.150. The van der Waals surface area contributed by atoms with Crippen LogP contribution in [0.2, 0.25) is 0 Å². The molecule has 0 radical (unpaired) electrons. The highest BCUT2D eigenvalue weighted by Crippen LogP contribution is 2.19. The van der Waals surface area contributed by atoms with Gasteiger partial charge < -0.3 is 14.8 Å². The molecule has 0 aromatic carbocycles. The Hall–Kier alpha value is -0.330. The van der Waals surface area contributed by atoms with Crippen LogP contribution in [0.5, 0.6) is 0 Å². The van der Waals surface area contributed by atoms with Crippen LogP contribution in [0.25, 0.3) is 0 Å². The van der Waals surface area contributed by atoms with Gasteiger partial charge in [0, 0.05) is 19.3 Å². The van der Waals surface area contributed by atoms with E-state index in [0.717, 1.165) is 45.3 Å². The third-order valence-corrected chi connectivity index (χ3v) is 3.47. The van der Waals surface area contributed by atoms with Crippen molar-refractivity contribution >= 4 is 0 Å². The maximum atomic E-state index is 11.9. The summed E-state index contributed by atoms with van der Waals surface area (Å²) < 4.78 is 46.1. The summed E-state index contributed by atoms with van der Waals surface area (Å²) in [6.07, 6.45) is 2.12. The van der Waals surface area contributed by atoms with Gasteiger partial charge in [0.15, 0.2) is 0 Å². The Morgan fingerprint density at radius 1 is 1.35 bits per heavy atom. The minimum atomic E-state index is -4.23. The van der Waals surface area contributed by atoms with Crippen LogP contribution in [0.1, 0.15) is 45.4 Å². The van der Waals surface area contributed by atoms with Crippen LogP contribution in [0.15, 0.2) is 0 Å². The highest BCUT2D eigenvalue weighted by atomic mass is 19.4. The Labute approximate surface area is 119 Å². The number of rotatable bonds is 10. The van der Waals surface area contributed by atoms with Gasteiger partial charge in [0.2, 0.25) is 0 Å². The van der Waals surface area contributed by atoms with E-state index in [1.54, 1.807) is 0 Å². The SMILES string of the molecule is CCNC(CCCC1CCCO1)CCOCC(F)(F)F. The van der Waals surface area contributed by atoms with Crippen molar-refractivity contribution in [3.8, 4) is 0 Å². The molecule has 2 unspecified atom stereocenters. The van der Waals surface area contributed by atoms with Gasteiger partial charge in [-0.2, -0.15) is 13.2 Å². The smallest absolute Gasteiger partial charge is 0.378 e. The van der Waals surface area contributed by atoms with Crippen LogP contribution < -0.4 is 5.32 Å². The number of hydrogen-bond acceptors (Lipinski definition) is 3. The topological polar surface area (TPSA) is 30.5 Å². The first kappa shape index (κ1) is 17.7. The van der Waals surface area contributed by atoms with Crippen molar-refractivity contribution in [1.29, 1.82) is 0 Å². The summed E-state index contributed by atoms with van der Waals surface area (Å²) in [4.78, 5) is 0. The second-order valence-corrected chi connectivity index (χ2v) is 5.28. The molecule has 1 saturated heterocycles. The summed E-state index contributed by atoms with van der Waals surface area (Å²) >= 11 is 0. The van der Waals surface area contributed by atoms with Crippen molar-refractivity contribution in [3.05, 3.63) is 0 Å². The second kappa shape index (κ2) is 9.58. The molecule has 6 heteroatoms. The van der Waals surface area contributed by atoms with Crippen molar-refractivity contribution in [1.82, 2.24) is 5.32 Å². The average Bonchev–Trinajstić information content (AvgIpc) is 2.86. The first-order valence-corrected chi connectivity index (χ1v) is 7.50. The largest absolute Gasteiger partial charge is 0.411 e. The zero-order valence-corrected chi connectivity index (χ0v) is 12.2. The van der Waals surface area contributed by atoms with E-state index >= 15 is 0 Å². The van der Waals surface area contributed by atoms with Crippen LogP contribution in [-0.4, -0.2) is 44.7 Å². The normalized spacial score (nSPS) is 21.3. The molecule has 1 aliphatic heterocycles. The van der Waals surface area contributed by atoms with Gasteiger partial charge >= 0.3 is 6.18 Å². The minimum Gasteiger partial charge on any atom is -0.378 e. The summed E-state index contributed by atoms with van der Waals surface area (Å²) in [5.41, 5.74) is 0. The summed E-state index contributed by atoms with van der Waals surface area (Å²) in [7, 11) is 0. The van der Waals surface area contributed by atoms with Crippen molar-refractivity contribution < 1.29 is 22.6 Å². The van der Waals surface area contributed by atoms with Crippen molar-refractivity contribution in [2.75, 3.05) is 26.4 Å². The highest BCUT2D eigenvalue weighted by molar-refractivity contribution is 4.70. The molecule has 1 N–H and O–H groups in total. The molecule has 0 aromatic heterocycles. The molecule has 20 heavy (non-hydrogen) atoms. The summed E-state index contributed by atoms with van der Waals surface area (Å²) in [6, 6.07) is 0.231. The molecule has 0 aromatic rings. The molecule has 3 nitrogen and oxygen atoms in total. The van der Waals surface area contributed by atoms with Crippen LogP contribution >= 0.6 is 0 Å².